The predicted molar refractivity (Wildman–Crippen MR) is 173 cm³/mol. The second-order valence-corrected chi connectivity index (χ2v) is 18.3. The molecule has 0 radical (unpaired) electrons. The van der Waals surface area contributed by atoms with Gasteiger partial charge < -0.3 is 4.57 Å². The van der Waals surface area contributed by atoms with Crippen molar-refractivity contribution in [3.05, 3.63) is 72.2 Å². The molecule has 1 fully saturated rings. The zero-order valence-corrected chi connectivity index (χ0v) is 26.5. The fraction of sp³-hybridized carbons (Fsp3) is 0.438. The molecule has 1 aliphatic carbocycles. The number of hydrogen-bond acceptors (Lipinski definition) is 4. The van der Waals surface area contributed by atoms with Crippen LogP contribution in [0.4, 0.5) is 0 Å². The Morgan fingerprint density at radius 3 is 2.59 bits per heavy atom. The average molecular weight is 658 g/mol. The summed E-state index contributed by atoms with van der Waals surface area (Å²) in [5, 5.41) is -0.182. The van der Waals surface area contributed by atoms with E-state index in [0.29, 0.717) is 11.8 Å². The van der Waals surface area contributed by atoms with E-state index in [1.54, 1.807) is 0 Å². The van der Waals surface area contributed by atoms with E-state index in [2.05, 4.69) is 83.6 Å². The summed E-state index contributed by atoms with van der Waals surface area (Å²) >= 11 is -1.19. The van der Waals surface area contributed by atoms with E-state index in [9.17, 15) is 8.42 Å². The molecule has 7 heteroatoms. The number of rotatable bonds is 7. The van der Waals surface area contributed by atoms with Crippen LogP contribution in [-0.4, -0.2) is 45.0 Å². The Kier molecular flexibility index (Phi) is 8.76. The Bertz CT molecular complexity index is 1490. The van der Waals surface area contributed by atoms with Crippen molar-refractivity contribution in [1.29, 1.82) is 0 Å². The number of allylic oxidation sites excluding steroid dienone is 2. The zero-order chi connectivity index (χ0) is 27.6. The summed E-state index contributed by atoms with van der Waals surface area (Å²) < 4.78 is 32.4. The molecule has 5 nitrogen and oxygen atoms in total. The summed E-state index contributed by atoms with van der Waals surface area (Å²) in [5.74, 6) is 0.940. The summed E-state index contributed by atoms with van der Waals surface area (Å²) in [4.78, 5) is 7.60. The van der Waals surface area contributed by atoms with Gasteiger partial charge in [-0.1, -0.05) is 0 Å². The molecule has 39 heavy (non-hydrogen) atoms. The normalized spacial score (nSPS) is 21.8. The van der Waals surface area contributed by atoms with Crippen LogP contribution in [0.2, 0.25) is 0 Å². The van der Waals surface area contributed by atoms with Gasteiger partial charge >= 0.3 is 210 Å². The number of sulfone groups is 1. The van der Waals surface area contributed by atoms with Crippen LogP contribution < -0.4 is 0 Å². The third kappa shape index (κ3) is 6.91. The molecule has 1 saturated carbocycles. The van der Waals surface area contributed by atoms with Crippen molar-refractivity contribution in [3.63, 3.8) is 0 Å². The molecule has 3 atom stereocenters. The maximum absolute atomic E-state index is 12.2. The second kappa shape index (κ2) is 12.1. The van der Waals surface area contributed by atoms with E-state index in [-0.39, 0.29) is 5.25 Å². The Morgan fingerprint density at radius 1 is 1.05 bits per heavy atom. The summed E-state index contributed by atoms with van der Waals surface area (Å²) in [7, 11) is -0.928. The van der Waals surface area contributed by atoms with Crippen molar-refractivity contribution >= 4 is 41.7 Å². The summed E-state index contributed by atoms with van der Waals surface area (Å²) in [6.07, 6.45) is 15.6. The first-order valence-corrected chi connectivity index (χ1v) is 20.5. The van der Waals surface area contributed by atoms with Gasteiger partial charge in [-0.15, -0.1) is 0 Å². The number of aryl methyl sites for hydroxylation is 1. The molecular formula is C32H40IN3O2S. The maximum atomic E-state index is 12.2. The first-order valence-electron chi connectivity index (χ1n) is 13.9. The van der Waals surface area contributed by atoms with E-state index < -0.39 is 29.9 Å². The van der Waals surface area contributed by atoms with Crippen molar-refractivity contribution < 1.29 is 8.42 Å². The fourth-order valence-electron chi connectivity index (χ4n) is 5.98. The van der Waals surface area contributed by atoms with Crippen molar-refractivity contribution in [2.45, 2.75) is 50.7 Å². The average Bonchev–Trinajstić information content (AvgIpc) is 3.19. The molecule has 2 aromatic heterocycles. The topological polar surface area (TPSA) is 64.3 Å². The molecule has 0 spiro atoms. The van der Waals surface area contributed by atoms with Gasteiger partial charge in [0.05, 0.1) is 0 Å². The van der Waals surface area contributed by atoms with Crippen LogP contribution in [0.15, 0.2) is 64.1 Å². The van der Waals surface area contributed by atoms with Gasteiger partial charge in [-0.25, -0.2) is 8.42 Å². The minimum atomic E-state index is -2.97. The van der Waals surface area contributed by atoms with Crippen molar-refractivity contribution in [2.24, 2.45) is 22.1 Å². The number of nitrogens with zero attached hydrogens (tertiary/aromatic N) is 3. The Labute approximate surface area is 241 Å². The first-order chi connectivity index (χ1) is 18.7. The molecule has 3 aromatic rings. The molecule has 208 valence electrons. The van der Waals surface area contributed by atoms with Crippen molar-refractivity contribution in [3.8, 4) is 22.4 Å². The molecule has 1 aromatic carbocycles. The number of hydrogen-bond donors (Lipinski definition) is 0. The van der Waals surface area contributed by atoms with Crippen LogP contribution in [0.1, 0.15) is 50.3 Å². The van der Waals surface area contributed by atoms with E-state index >= 15 is 0 Å². The molecule has 0 N–H and O–H groups in total. The standard InChI is InChI=1S/C32H40IN3O2S/c1-23(24-7-6-10-29(12-11-24)39(4,37)38)19-32-30(27-15-17-33(2)34-21-27)13-14-31(35-32)26-9-5-8-25(20-26)28-16-18-36(3)22-28/h5,8-9,13-16,18,20-24,29H,6-7,10-12,17,19H2,1-4H3. The number of halogens is 1. The third-order valence-electron chi connectivity index (χ3n) is 8.37. The summed E-state index contributed by atoms with van der Waals surface area (Å²) in [5.41, 5.74) is 8.03. The van der Waals surface area contributed by atoms with E-state index in [1.807, 2.05) is 7.05 Å². The van der Waals surface area contributed by atoms with Crippen LogP contribution in [0.3, 0.4) is 0 Å². The van der Waals surface area contributed by atoms with Crippen LogP contribution in [0.25, 0.3) is 28.0 Å². The van der Waals surface area contributed by atoms with Crippen molar-refractivity contribution in [1.82, 2.24) is 9.55 Å². The summed E-state index contributed by atoms with van der Waals surface area (Å²) in [6.45, 7) is 2.33. The molecule has 3 unspecified atom stereocenters. The molecule has 5 rings (SSSR count). The molecule has 3 heterocycles. The Hall–Kier alpha value is -2.26. The third-order valence-corrected chi connectivity index (χ3v) is 13.0. The van der Waals surface area contributed by atoms with E-state index in [4.69, 9.17) is 8.19 Å². The van der Waals surface area contributed by atoms with Crippen LogP contribution in [0, 0.1) is 11.8 Å². The predicted octanol–water partition coefficient (Wildman–Crippen LogP) is 7.45. The van der Waals surface area contributed by atoms with Crippen LogP contribution in [0.5, 0.6) is 0 Å². The number of aromatic nitrogens is 2. The number of pyridine rings is 1. The van der Waals surface area contributed by atoms with Gasteiger partial charge in [-0.2, -0.15) is 0 Å². The van der Waals surface area contributed by atoms with Gasteiger partial charge in [0.25, 0.3) is 0 Å². The summed E-state index contributed by atoms with van der Waals surface area (Å²) in [6, 6.07) is 15.2. The zero-order valence-electron chi connectivity index (χ0n) is 23.5. The minimum absolute atomic E-state index is 0.182. The van der Waals surface area contributed by atoms with E-state index in [0.717, 1.165) is 59.9 Å². The molecular weight excluding hydrogens is 617 g/mol. The van der Waals surface area contributed by atoms with Crippen molar-refractivity contribution in [2.75, 3.05) is 15.6 Å². The molecule has 0 saturated heterocycles. The van der Waals surface area contributed by atoms with Crippen LogP contribution >= 0.6 is 20.1 Å². The van der Waals surface area contributed by atoms with Crippen LogP contribution in [-0.2, 0) is 23.3 Å². The second-order valence-electron chi connectivity index (χ2n) is 11.3. The molecule has 1 aliphatic heterocycles. The van der Waals surface area contributed by atoms with Gasteiger partial charge in [0.1, 0.15) is 0 Å². The SMILES string of the molecule is CC(Cc1nc(-c2cccc(-c3ccn(C)c3)c2)ccc1C1=CCI(C)N=C1)C1CCCC(S(C)(=O)=O)CC1. The monoisotopic (exact) mass is 657 g/mol. The van der Waals surface area contributed by atoms with Gasteiger partial charge in [-0.3, -0.25) is 0 Å². The Balaban J connectivity index is 1.45. The number of alkyl halides is 2. The van der Waals surface area contributed by atoms with Gasteiger partial charge in [-0.05, 0) is 0 Å². The molecule has 0 amide bonds. The quantitative estimate of drug-likeness (QED) is 0.151. The van der Waals surface area contributed by atoms with E-state index in [1.165, 1.54) is 28.5 Å². The van der Waals surface area contributed by atoms with Gasteiger partial charge in [0.15, 0.2) is 0 Å². The van der Waals surface area contributed by atoms with Gasteiger partial charge in [0.2, 0.25) is 0 Å². The number of benzene rings is 1. The first kappa shape index (κ1) is 28.3. The molecule has 0 bridgehead atoms. The Morgan fingerprint density at radius 2 is 1.87 bits per heavy atom. The fourth-order valence-corrected chi connectivity index (χ4v) is 9.25. The van der Waals surface area contributed by atoms with Gasteiger partial charge in [0, 0.05) is 19.5 Å². The molecule has 2 aliphatic rings.